The summed E-state index contributed by atoms with van der Waals surface area (Å²) in [5.41, 5.74) is 6.31. The van der Waals surface area contributed by atoms with Crippen LogP contribution in [-0.2, 0) is 0 Å². The molecule has 1 atom stereocenters. The molecule has 1 saturated heterocycles. The van der Waals surface area contributed by atoms with Crippen molar-refractivity contribution in [1.29, 1.82) is 0 Å². The summed E-state index contributed by atoms with van der Waals surface area (Å²) in [4.78, 5) is 5.07. The molecule has 17 heavy (non-hydrogen) atoms. The first-order valence-electron chi connectivity index (χ1n) is 6.89. The molecule has 0 aromatic rings. The first-order valence-corrected chi connectivity index (χ1v) is 6.89. The number of piperazine rings is 1. The quantitative estimate of drug-likeness (QED) is 0.814. The normalized spacial score (nSPS) is 25.2. The van der Waals surface area contributed by atoms with Crippen molar-refractivity contribution in [3.05, 3.63) is 0 Å². The van der Waals surface area contributed by atoms with E-state index in [2.05, 4.69) is 51.5 Å². The van der Waals surface area contributed by atoms with E-state index >= 15 is 0 Å². The highest BCUT2D eigenvalue weighted by molar-refractivity contribution is 4.93. The van der Waals surface area contributed by atoms with Crippen LogP contribution in [0.1, 0.15) is 41.0 Å². The average Bonchev–Trinajstić information content (AvgIpc) is 2.19. The van der Waals surface area contributed by atoms with Gasteiger partial charge in [-0.25, -0.2) is 0 Å². The molecule has 0 spiro atoms. The lowest BCUT2D eigenvalue weighted by Gasteiger charge is -2.46. The van der Waals surface area contributed by atoms with Gasteiger partial charge in [-0.3, -0.25) is 4.90 Å². The highest BCUT2D eigenvalue weighted by Crippen LogP contribution is 2.30. The molecule has 0 aromatic heterocycles. The van der Waals surface area contributed by atoms with Crippen molar-refractivity contribution in [1.82, 2.24) is 9.80 Å². The summed E-state index contributed by atoms with van der Waals surface area (Å²) in [7, 11) is 2.24. The van der Waals surface area contributed by atoms with Crippen molar-refractivity contribution in [2.45, 2.75) is 52.6 Å². The molecule has 0 saturated carbocycles. The van der Waals surface area contributed by atoms with Gasteiger partial charge >= 0.3 is 0 Å². The van der Waals surface area contributed by atoms with Crippen molar-refractivity contribution in [2.75, 3.05) is 33.2 Å². The zero-order valence-electron chi connectivity index (χ0n) is 12.6. The van der Waals surface area contributed by atoms with E-state index in [0.29, 0.717) is 6.04 Å². The summed E-state index contributed by atoms with van der Waals surface area (Å²) in [6, 6.07) is 0.709. The minimum absolute atomic E-state index is 0.127. The predicted molar refractivity (Wildman–Crippen MR) is 75.2 cm³/mol. The molecule has 0 amide bonds. The van der Waals surface area contributed by atoms with Crippen LogP contribution >= 0.6 is 0 Å². The lowest BCUT2D eigenvalue weighted by Crippen LogP contribution is -2.58. The first kappa shape index (κ1) is 14.9. The van der Waals surface area contributed by atoms with Gasteiger partial charge in [-0.15, -0.1) is 0 Å². The van der Waals surface area contributed by atoms with Gasteiger partial charge in [0.05, 0.1) is 0 Å². The van der Waals surface area contributed by atoms with Crippen LogP contribution in [-0.4, -0.2) is 54.6 Å². The molecule has 0 bridgehead atoms. The number of hydrogen-bond acceptors (Lipinski definition) is 3. The first-order chi connectivity index (χ1) is 7.67. The van der Waals surface area contributed by atoms with E-state index in [1.54, 1.807) is 0 Å². The second-order valence-electron chi connectivity index (χ2n) is 6.88. The molecule has 0 aromatic carbocycles. The van der Waals surface area contributed by atoms with Crippen LogP contribution in [0.3, 0.4) is 0 Å². The van der Waals surface area contributed by atoms with Crippen LogP contribution in [0, 0.1) is 5.41 Å². The lowest BCUT2D eigenvalue weighted by molar-refractivity contribution is 0.0451. The molecule has 1 aliphatic heterocycles. The smallest absolute Gasteiger partial charge is 0.0218 e. The Kier molecular flexibility index (Phi) is 4.61. The van der Waals surface area contributed by atoms with Crippen molar-refractivity contribution < 1.29 is 0 Å². The highest BCUT2D eigenvalue weighted by atomic mass is 15.3. The van der Waals surface area contributed by atoms with E-state index in [-0.39, 0.29) is 11.0 Å². The third-order valence-corrected chi connectivity index (χ3v) is 4.70. The van der Waals surface area contributed by atoms with Gasteiger partial charge in [0.1, 0.15) is 0 Å². The lowest BCUT2D eigenvalue weighted by atomic mass is 9.74. The molecular weight excluding hydrogens is 210 g/mol. The average molecular weight is 241 g/mol. The van der Waals surface area contributed by atoms with Crippen molar-refractivity contribution in [3.8, 4) is 0 Å². The maximum atomic E-state index is 6.29. The number of nitrogens with zero attached hydrogens (tertiary/aromatic N) is 2. The van der Waals surface area contributed by atoms with Gasteiger partial charge in [0, 0.05) is 37.8 Å². The third-order valence-electron chi connectivity index (χ3n) is 4.70. The van der Waals surface area contributed by atoms with E-state index in [9.17, 15) is 0 Å². The maximum absolute atomic E-state index is 6.29. The molecule has 1 unspecified atom stereocenters. The SMILES string of the molecule is CCC1CN(CC(C)(C)C(C)(C)N)CCN1C. The Morgan fingerprint density at radius 3 is 2.24 bits per heavy atom. The van der Waals surface area contributed by atoms with E-state index < -0.39 is 0 Å². The zero-order chi connectivity index (χ0) is 13.3. The summed E-state index contributed by atoms with van der Waals surface area (Å²) in [5.74, 6) is 0. The molecule has 0 radical (unpaired) electrons. The molecule has 1 fully saturated rings. The number of hydrogen-bond donors (Lipinski definition) is 1. The fourth-order valence-electron chi connectivity index (χ4n) is 2.36. The molecular formula is C14H31N3. The Morgan fingerprint density at radius 2 is 1.76 bits per heavy atom. The minimum atomic E-state index is -0.127. The Labute approximate surface area is 107 Å². The number of rotatable bonds is 4. The van der Waals surface area contributed by atoms with Crippen molar-refractivity contribution >= 4 is 0 Å². The summed E-state index contributed by atoms with van der Waals surface area (Å²) < 4.78 is 0. The Morgan fingerprint density at radius 1 is 1.18 bits per heavy atom. The standard InChI is InChI=1S/C14H31N3/c1-7-12-10-17(9-8-16(12)6)11-13(2,3)14(4,5)15/h12H,7-11,15H2,1-6H3. The molecule has 1 heterocycles. The second-order valence-corrected chi connectivity index (χ2v) is 6.88. The van der Waals surface area contributed by atoms with Gasteiger partial charge in [0.15, 0.2) is 0 Å². The van der Waals surface area contributed by atoms with Gasteiger partial charge in [0.2, 0.25) is 0 Å². The Hall–Kier alpha value is -0.120. The summed E-state index contributed by atoms with van der Waals surface area (Å²) >= 11 is 0. The van der Waals surface area contributed by atoms with Gasteiger partial charge in [-0.2, -0.15) is 0 Å². The third kappa shape index (κ3) is 3.67. The van der Waals surface area contributed by atoms with Crippen LogP contribution < -0.4 is 5.73 Å². The van der Waals surface area contributed by atoms with Crippen LogP contribution in [0.15, 0.2) is 0 Å². The van der Waals surface area contributed by atoms with Crippen molar-refractivity contribution in [2.24, 2.45) is 11.1 Å². The van der Waals surface area contributed by atoms with Gasteiger partial charge < -0.3 is 10.6 Å². The molecule has 1 aliphatic rings. The van der Waals surface area contributed by atoms with Crippen molar-refractivity contribution in [3.63, 3.8) is 0 Å². The zero-order valence-corrected chi connectivity index (χ0v) is 12.6. The maximum Gasteiger partial charge on any atom is 0.0218 e. The van der Waals surface area contributed by atoms with Crippen LogP contribution in [0.5, 0.6) is 0 Å². The second kappa shape index (κ2) is 5.25. The van der Waals surface area contributed by atoms with Crippen LogP contribution in [0.25, 0.3) is 0 Å². The fourth-order valence-corrected chi connectivity index (χ4v) is 2.36. The summed E-state index contributed by atoms with van der Waals surface area (Å²) in [5, 5.41) is 0. The van der Waals surface area contributed by atoms with E-state index in [1.165, 1.54) is 26.1 Å². The highest BCUT2D eigenvalue weighted by Gasteiger charge is 2.36. The van der Waals surface area contributed by atoms with Gasteiger partial charge in [0.25, 0.3) is 0 Å². The van der Waals surface area contributed by atoms with Gasteiger partial charge in [-0.05, 0) is 32.7 Å². The summed E-state index contributed by atoms with van der Waals surface area (Å²) in [6.07, 6.45) is 1.24. The van der Waals surface area contributed by atoms with Crippen LogP contribution in [0.4, 0.5) is 0 Å². The molecule has 0 aliphatic carbocycles. The molecule has 102 valence electrons. The Bertz CT molecular complexity index is 242. The molecule has 3 heteroatoms. The number of likely N-dealkylation sites (N-methyl/N-ethyl adjacent to an activating group) is 1. The fraction of sp³-hybridized carbons (Fsp3) is 1.00. The topological polar surface area (TPSA) is 32.5 Å². The monoisotopic (exact) mass is 241 g/mol. The predicted octanol–water partition coefficient (Wildman–Crippen LogP) is 1.78. The molecule has 2 N–H and O–H groups in total. The van der Waals surface area contributed by atoms with E-state index in [1.807, 2.05) is 0 Å². The number of nitrogens with two attached hydrogens (primary N) is 1. The molecule has 1 rings (SSSR count). The molecule has 3 nitrogen and oxygen atoms in total. The van der Waals surface area contributed by atoms with E-state index in [4.69, 9.17) is 5.73 Å². The van der Waals surface area contributed by atoms with Gasteiger partial charge in [-0.1, -0.05) is 20.8 Å². The summed E-state index contributed by atoms with van der Waals surface area (Å²) in [6.45, 7) is 15.8. The van der Waals surface area contributed by atoms with E-state index in [0.717, 1.165) is 6.54 Å². The largest absolute Gasteiger partial charge is 0.325 e. The van der Waals surface area contributed by atoms with Crippen LogP contribution in [0.2, 0.25) is 0 Å². The Balaban J connectivity index is 2.58. The minimum Gasteiger partial charge on any atom is -0.325 e.